The highest BCUT2D eigenvalue weighted by molar-refractivity contribution is 7.91. The molecule has 0 bridgehead atoms. The molecule has 21 heavy (non-hydrogen) atoms. The summed E-state index contributed by atoms with van der Waals surface area (Å²) < 4.78 is 22.8. The predicted octanol–water partition coefficient (Wildman–Crippen LogP) is 1.90. The van der Waals surface area contributed by atoms with Crippen molar-refractivity contribution in [1.29, 1.82) is 0 Å². The maximum Gasteiger partial charge on any atom is 0.317 e. The van der Waals surface area contributed by atoms with Crippen LogP contribution in [0.2, 0.25) is 0 Å². The molecule has 0 spiro atoms. The summed E-state index contributed by atoms with van der Waals surface area (Å²) in [5, 5.41) is 3.60. The standard InChI is InChI=1S/C13H23N3O3S2/c1-6-21(18,19)8-7-14-13(17)16(5)9(2)12-10(3)20-11(4)15-12/h9H,6-8H2,1-5H3,(H,14,17)/t9-/m0/s1. The summed E-state index contributed by atoms with van der Waals surface area (Å²) in [4.78, 5) is 19.1. The van der Waals surface area contributed by atoms with Crippen LogP contribution in [-0.2, 0) is 9.84 Å². The van der Waals surface area contributed by atoms with Crippen LogP contribution in [0.15, 0.2) is 0 Å². The minimum Gasteiger partial charge on any atom is -0.337 e. The van der Waals surface area contributed by atoms with Gasteiger partial charge in [0.05, 0.1) is 22.5 Å². The van der Waals surface area contributed by atoms with Gasteiger partial charge in [-0.3, -0.25) is 0 Å². The van der Waals surface area contributed by atoms with Crippen LogP contribution in [-0.4, -0.2) is 49.4 Å². The van der Waals surface area contributed by atoms with E-state index in [-0.39, 0.29) is 30.1 Å². The van der Waals surface area contributed by atoms with Crippen molar-refractivity contribution in [2.45, 2.75) is 33.7 Å². The molecule has 0 fully saturated rings. The number of nitrogens with one attached hydrogen (secondary N) is 1. The summed E-state index contributed by atoms with van der Waals surface area (Å²) in [7, 11) is -1.38. The fraction of sp³-hybridized carbons (Fsp3) is 0.692. The number of urea groups is 1. The van der Waals surface area contributed by atoms with Crippen LogP contribution < -0.4 is 5.32 Å². The van der Waals surface area contributed by atoms with E-state index >= 15 is 0 Å². The summed E-state index contributed by atoms with van der Waals surface area (Å²) >= 11 is 1.60. The summed E-state index contributed by atoms with van der Waals surface area (Å²) in [6.07, 6.45) is 0. The maximum atomic E-state index is 12.0. The van der Waals surface area contributed by atoms with E-state index < -0.39 is 9.84 Å². The fourth-order valence-corrected chi connectivity index (χ4v) is 3.48. The van der Waals surface area contributed by atoms with E-state index in [4.69, 9.17) is 0 Å². The SMILES string of the molecule is CCS(=O)(=O)CCNC(=O)N(C)[C@@H](C)c1nc(C)sc1C. The van der Waals surface area contributed by atoms with E-state index in [0.29, 0.717) is 0 Å². The molecule has 120 valence electrons. The van der Waals surface area contributed by atoms with Gasteiger partial charge in [0.25, 0.3) is 0 Å². The number of amides is 2. The van der Waals surface area contributed by atoms with Crippen LogP contribution in [0.1, 0.15) is 35.5 Å². The van der Waals surface area contributed by atoms with Crippen LogP contribution >= 0.6 is 11.3 Å². The molecule has 0 aromatic carbocycles. The minimum atomic E-state index is -3.06. The van der Waals surface area contributed by atoms with Crippen molar-refractivity contribution < 1.29 is 13.2 Å². The van der Waals surface area contributed by atoms with Gasteiger partial charge in [0.1, 0.15) is 0 Å². The highest BCUT2D eigenvalue weighted by Crippen LogP contribution is 2.25. The molecule has 0 aliphatic heterocycles. The summed E-state index contributed by atoms with van der Waals surface area (Å²) in [6.45, 7) is 7.54. The van der Waals surface area contributed by atoms with Gasteiger partial charge in [-0.15, -0.1) is 11.3 Å². The Morgan fingerprint density at radius 3 is 2.52 bits per heavy atom. The van der Waals surface area contributed by atoms with E-state index in [0.717, 1.165) is 15.6 Å². The largest absolute Gasteiger partial charge is 0.337 e. The van der Waals surface area contributed by atoms with Gasteiger partial charge in [-0.2, -0.15) is 0 Å². The first-order chi connectivity index (χ1) is 9.68. The predicted molar refractivity (Wildman–Crippen MR) is 85.5 cm³/mol. The average molecular weight is 333 g/mol. The first-order valence-corrected chi connectivity index (χ1v) is 9.46. The zero-order chi connectivity index (χ0) is 16.2. The second-order valence-corrected chi connectivity index (χ2v) is 8.81. The van der Waals surface area contributed by atoms with Gasteiger partial charge >= 0.3 is 6.03 Å². The van der Waals surface area contributed by atoms with Gasteiger partial charge < -0.3 is 10.2 Å². The summed E-state index contributed by atoms with van der Waals surface area (Å²) in [5.41, 5.74) is 0.885. The molecule has 0 saturated heterocycles. The first kappa shape index (κ1) is 17.9. The number of aryl methyl sites for hydroxylation is 2. The number of sulfone groups is 1. The number of nitrogens with zero attached hydrogens (tertiary/aromatic N) is 2. The van der Waals surface area contributed by atoms with E-state index in [1.807, 2.05) is 20.8 Å². The lowest BCUT2D eigenvalue weighted by atomic mass is 10.2. The smallest absolute Gasteiger partial charge is 0.317 e. The van der Waals surface area contributed by atoms with Crippen molar-refractivity contribution in [2.75, 3.05) is 25.1 Å². The number of rotatable bonds is 6. The monoisotopic (exact) mass is 333 g/mol. The average Bonchev–Trinajstić information content (AvgIpc) is 2.75. The van der Waals surface area contributed by atoms with Gasteiger partial charge in [-0.05, 0) is 20.8 Å². The van der Waals surface area contributed by atoms with Crippen LogP contribution in [0.5, 0.6) is 0 Å². The third kappa shape index (κ3) is 4.96. The molecule has 1 N–H and O–H groups in total. The Hall–Kier alpha value is -1.15. The third-order valence-corrected chi connectivity index (χ3v) is 5.97. The van der Waals surface area contributed by atoms with Crippen LogP contribution in [0.4, 0.5) is 4.79 Å². The molecule has 0 aliphatic carbocycles. The molecule has 0 aliphatic rings. The second kappa shape index (κ2) is 7.22. The highest BCUT2D eigenvalue weighted by Gasteiger charge is 2.21. The molecule has 6 nitrogen and oxygen atoms in total. The number of carbonyl (C=O) groups is 1. The van der Waals surface area contributed by atoms with Crippen molar-refractivity contribution in [3.05, 3.63) is 15.6 Å². The molecular formula is C13H23N3O3S2. The van der Waals surface area contributed by atoms with Gasteiger partial charge in [0.15, 0.2) is 9.84 Å². The van der Waals surface area contributed by atoms with Gasteiger partial charge in [-0.25, -0.2) is 18.2 Å². The van der Waals surface area contributed by atoms with Crippen LogP contribution in [0, 0.1) is 13.8 Å². The maximum absolute atomic E-state index is 12.0. The van der Waals surface area contributed by atoms with Gasteiger partial charge in [0, 0.05) is 24.2 Å². The molecule has 1 rings (SSSR count). The lowest BCUT2D eigenvalue weighted by Crippen LogP contribution is -2.41. The van der Waals surface area contributed by atoms with E-state index in [2.05, 4.69) is 10.3 Å². The van der Waals surface area contributed by atoms with Crippen LogP contribution in [0.25, 0.3) is 0 Å². The molecule has 1 atom stereocenters. The van der Waals surface area contributed by atoms with Gasteiger partial charge in [-0.1, -0.05) is 6.92 Å². The zero-order valence-corrected chi connectivity index (χ0v) is 14.8. The van der Waals surface area contributed by atoms with E-state index in [1.165, 1.54) is 0 Å². The Morgan fingerprint density at radius 1 is 1.43 bits per heavy atom. The number of thiazole rings is 1. The minimum absolute atomic E-state index is 0.0354. The number of carbonyl (C=O) groups excluding carboxylic acids is 1. The Bertz CT molecular complexity index is 596. The Labute approximate surface area is 130 Å². The molecule has 8 heteroatoms. The molecule has 1 heterocycles. The van der Waals surface area contributed by atoms with Crippen molar-refractivity contribution in [2.24, 2.45) is 0 Å². The van der Waals surface area contributed by atoms with Gasteiger partial charge in [0.2, 0.25) is 0 Å². The Morgan fingerprint density at radius 2 is 2.05 bits per heavy atom. The molecule has 0 saturated carbocycles. The molecule has 1 aromatic rings. The Balaban J connectivity index is 2.60. The molecule has 0 unspecified atom stereocenters. The fourth-order valence-electron chi connectivity index (χ4n) is 1.87. The molecule has 2 amide bonds. The second-order valence-electron chi connectivity index (χ2n) is 4.93. The van der Waals surface area contributed by atoms with E-state index in [9.17, 15) is 13.2 Å². The quantitative estimate of drug-likeness (QED) is 0.862. The van der Waals surface area contributed by atoms with Crippen LogP contribution in [0.3, 0.4) is 0 Å². The first-order valence-electron chi connectivity index (χ1n) is 6.83. The van der Waals surface area contributed by atoms with Crippen molar-refractivity contribution >= 4 is 27.2 Å². The highest BCUT2D eigenvalue weighted by atomic mass is 32.2. The Kier molecular flexibility index (Phi) is 6.15. The summed E-state index contributed by atoms with van der Waals surface area (Å²) in [5.74, 6) is 0.0543. The van der Waals surface area contributed by atoms with Crippen molar-refractivity contribution in [3.63, 3.8) is 0 Å². The molecule has 1 aromatic heterocycles. The van der Waals surface area contributed by atoms with E-state index in [1.54, 1.807) is 30.2 Å². The molecular weight excluding hydrogens is 310 g/mol. The molecule has 0 radical (unpaired) electrons. The lowest BCUT2D eigenvalue weighted by molar-refractivity contribution is 0.194. The van der Waals surface area contributed by atoms with Crippen molar-refractivity contribution in [1.82, 2.24) is 15.2 Å². The topological polar surface area (TPSA) is 79.4 Å². The third-order valence-electron chi connectivity index (χ3n) is 3.37. The normalized spacial score (nSPS) is 13.0. The number of hydrogen-bond donors (Lipinski definition) is 1. The zero-order valence-electron chi connectivity index (χ0n) is 13.1. The number of aromatic nitrogens is 1. The number of hydrogen-bond acceptors (Lipinski definition) is 5. The lowest BCUT2D eigenvalue weighted by Gasteiger charge is -2.24. The van der Waals surface area contributed by atoms with Crippen molar-refractivity contribution in [3.8, 4) is 0 Å². The summed E-state index contributed by atoms with van der Waals surface area (Å²) in [6, 6.07) is -0.448.